The molecule has 0 heterocycles. The molecule has 0 aliphatic heterocycles. The smallest absolute Gasteiger partial charge is 0.0228 e. The summed E-state index contributed by atoms with van der Waals surface area (Å²) in [6.45, 7) is 2.15. The second-order valence-electron chi connectivity index (χ2n) is 2.32. The lowest BCUT2D eigenvalue weighted by Gasteiger charge is -2.01. The summed E-state index contributed by atoms with van der Waals surface area (Å²) in [4.78, 5) is 0. The maximum absolute atomic E-state index is 5.25. The summed E-state index contributed by atoms with van der Waals surface area (Å²) in [6.07, 6.45) is 9.93. The largest absolute Gasteiger partial charge is 0.120 e. The fraction of sp³-hybridized carbons (Fsp3) is 0.625. The van der Waals surface area contributed by atoms with Crippen molar-refractivity contribution in [2.45, 2.75) is 19.8 Å². The van der Waals surface area contributed by atoms with E-state index in [2.05, 4.69) is 19.3 Å². The zero-order valence-corrected chi connectivity index (χ0v) is 5.22. The molecule has 2 unspecified atom stereocenters. The molecule has 0 aromatic heterocycles. The third-order valence-electron chi connectivity index (χ3n) is 1.68. The van der Waals surface area contributed by atoms with Gasteiger partial charge in [0.1, 0.15) is 0 Å². The van der Waals surface area contributed by atoms with Crippen LogP contribution in [-0.4, -0.2) is 0 Å². The van der Waals surface area contributed by atoms with Crippen LogP contribution in [0.5, 0.6) is 0 Å². The van der Waals surface area contributed by atoms with Crippen LogP contribution in [0.1, 0.15) is 19.8 Å². The highest BCUT2D eigenvalue weighted by atomic mass is 14.3. The molecule has 0 saturated heterocycles. The van der Waals surface area contributed by atoms with Crippen molar-refractivity contribution in [3.8, 4) is 12.3 Å². The van der Waals surface area contributed by atoms with Crippen molar-refractivity contribution in [1.29, 1.82) is 0 Å². The number of hydrogen-bond acceptors (Lipinski definition) is 0. The highest BCUT2D eigenvalue weighted by Crippen LogP contribution is 2.36. The van der Waals surface area contributed by atoms with Crippen LogP contribution in [0.3, 0.4) is 0 Å². The zero-order chi connectivity index (χ0) is 5.98. The maximum Gasteiger partial charge on any atom is 0.0228 e. The predicted octanol–water partition coefficient (Wildman–Crippen LogP) is 1.87. The lowest BCUT2D eigenvalue weighted by Crippen LogP contribution is -1.95. The van der Waals surface area contributed by atoms with Gasteiger partial charge in [-0.1, -0.05) is 6.92 Å². The van der Waals surface area contributed by atoms with Crippen LogP contribution >= 0.6 is 0 Å². The molecule has 1 fully saturated rings. The molecule has 0 bridgehead atoms. The number of terminal acetylenes is 1. The molecule has 43 valence electrons. The Morgan fingerprint density at radius 1 is 2.00 bits per heavy atom. The monoisotopic (exact) mass is 107 g/mol. The van der Waals surface area contributed by atoms with Gasteiger partial charge >= 0.3 is 0 Å². The van der Waals surface area contributed by atoms with Crippen molar-refractivity contribution in [3.05, 3.63) is 6.42 Å². The molecular weight excluding hydrogens is 96.1 g/mol. The van der Waals surface area contributed by atoms with E-state index in [1.807, 2.05) is 0 Å². The molecule has 1 aliphatic carbocycles. The Balaban J connectivity index is 2.29. The van der Waals surface area contributed by atoms with Crippen LogP contribution < -0.4 is 0 Å². The minimum Gasteiger partial charge on any atom is -0.120 e. The highest BCUT2D eigenvalue weighted by Gasteiger charge is 2.28. The molecule has 0 spiro atoms. The SMILES string of the molecule is C#CC(CC)C1[CH]C1. The van der Waals surface area contributed by atoms with Crippen molar-refractivity contribution in [2.24, 2.45) is 11.8 Å². The van der Waals surface area contributed by atoms with Gasteiger partial charge in [-0.25, -0.2) is 0 Å². The fourth-order valence-electron chi connectivity index (χ4n) is 0.951. The van der Waals surface area contributed by atoms with E-state index in [4.69, 9.17) is 6.42 Å². The van der Waals surface area contributed by atoms with Gasteiger partial charge in [0.15, 0.2) is 0 Å². The second kappa shape index (κ2) is 2.22. The van der Waals surface area contributed by atoms with E-state index in [1.54, 1.807) is 0 Å². The van der Waals surface area contributed by atoms with Crippen LogP contribution in [0.25, 0.3) is 0 Å². The third kappa shape index (κ3) is 1.04. The van der Waals surface area contributed by atoms with Gasteiger partial charge in [0.2, 0.25) is 0 Å². The van der Waals surface area contributed by atoms with Gasteiger partial charge in [-0.3, -0.25) is 0 Å². The Morgan fingerprint density at radius 2 is 2.62 bits per heavy atom. The van der Waals surface area contributed by atoms with Gasteiger partial charge in [0.05, 0.1) is 0 Å². The van der Waals surface area contributed by atoms with Crippen LogP contribution in [0.4, 0.5) is 0 Å². The molecule has 0 aromatic rings. The van der Waals surface area contributed by atoms with Crippen LogP contribution in [0.2, 0.25) is 0 Å². The van der Waals surface area contributed by atoms with Crippen molar-refractivity contribution in [3.63, 3.8) is 0 Å². The second-order valence-corrected chi connectivity index (χ2v) is 2.32. The molecule has 1 radical (unpaired) electrons. The number of hydrogen-bond donors (Lipinski definition) is 0. The Hall–Kier alpha value is -0.440. The molecule has 0 heteroatoms. The Labute approximate surface area is 51.3 Å². The first kappa shape index (κ1) is 5.69. The summed E-state index contributed by atoms with van der Waals surface area (Å²) < 4.78 is 0. The summed E-state index contributed by atoms with van der Waals surface area (Å²) in [5.41, 5.74) is 0. The van der Waals surface area contributed by atoms with Gasteiger partial charge in [0, 0.05) is 5.92 Å². The van der Waals surface area contributed by atoms with E-state index in [0.29, 0.717) is 5.92 Å². The van der Waals surface area contributed by atoms with Gasteiger partial charge in [-0.2, -0.15) is 0 Å². The van der Waals surface area contributed by atoms with E-state index in [-0.39, 0.29) is 0 Å². The Morgan fingerprint density at radius 3 is 2.75 bits per heavy atom. The lowest BCUT2D eigenvalue weighted by atomic mass is 10.0. The summed E-state index contributed by atoms with van der Waals surface area (Å²) in [7, 11) is 0. The van der Waals surface area contributed by atoms with Crippen molar-refractivity contribution < 1.29 is 0 Å². The normalized spacial score (nSPS) is 22.0. The first-order valence-electron chi connectivity index (χ1n) is 3.18. The molecular formula is C8H11. The Bertz CT molecular complexity index is 104. The van der Waals surface area contributed by atoms with E-state index < -0.39 is 0 Å². The molecule has 8 heavy (non-hydrogen) atoms. The minimum absolute atomic E-state index is 0.537. The lowest BCUT2D eigenvalue weighted by molar-refractivity contribution is 0.586. The fourth-order valence-corrected chi connectivity index (χ4v) is 0.951. The first-order chi connectivity index (χ1) is 3.88. The minimum atomic E-state index is 0.537. The summed E-state index contributed by atoms with van der Waals surface area (Å²) in [5, 5.41) is 0. The van der Waals surface area contributed by atoms with Crippen LogP contribution in [-0.2, 0) is 0 Å². The average molecular weight is 107 g/mol. The van der Waals surface area contributed by atoms with Crippen molar-refractivity contribution >= 4 is 0 Å². The van der Waals surface area contributed by atoms with Gasteiger partial charge < -0.3 is 0 Å². The number of rotatable bonds is 2. The average Bonchev–Trinajstić information content (AvgIpc) is 2.53. The highest BCUT2D eigenvalue weighted by molar-refractivity contribution is 5.08. The quantitative estimate of drug-likeness (QED) is 0.472. The predicted molar refractivity (Wildman–Crippen MR) is 35.0 cm³/mol. The molecule has 1 aliphatic rings. The van der Waals surface area contributed by atoms with Crippen LogP contribution in [0.15, 0.2) is 0 Å². The summed E-state index contributed by atoms with van der Waals surface area (Å²) >= 11 is 0. The molecule has 2 atom stereocenters. The van der Waals surface area contributed by atoms with Gasteiger partial charge in [-0.15, -0.1) is 12.3 Å². The van der Waals surface area contributed by atoms with Gasteiger partial charge in [-0.05, 0) is 25.2 Å². The molecule has 0 N–H and O–H groups in total. The van der Waals surface area contributed by atoms with Gasteiger partial charge in [0.25, 0.3) is 0 Å². The summed E-state index contributed by atoms with van der Waals surface area (Å²) in [6, 6.07) is 0. The van der Waals surface area contributed by atoms with E-state index in [0.717, 1.165) is 12.3 Å². The zero-order valence-electron chi connectivity index (χ0n) is 5.22. The molecule has 1 saturated carbocycles. The molecule has 1 rings (SSSR count). The van der Waals surface area contributed by atoms with Crippen LogP contribution in [0, 0.1) is 30.6 Å². The molecule has 0 amide bonds. The third-order valence-corrected chi connectivity index (χ3v) is 1.68. The van der Waals surface area contributed by atoms with Crippen molar-refractivity contribution in [2.75, 3.05) is 0 Å². The summed E-state index contributed by atoms with van der Waals surface area (Å²) in [5.74, 6) is 4.09. The maximum atomic E-state index is 5.25. The standard InChI is InChI=1S/C8H11/c1-3-7(4-2)8-5-6-8/h1,5,7-8H,4,6H2,2H3. The van der Waals surface area contributed by atoms with E-state index in [9.17, 15) is 0 Å². The molecule has 0 aromatic carbocycles. The van der Waals surface area contributed by atoms with E-state index in [1.165, 1.54) is 6.42 Å². The van der Waals surface area contributed by atoms with E-state index >= 15 is 0 Å². The first-order valence-corrected chi connectivity index (χ1v) is 3.18. The van der Waals surface area contributed by atoms with Crippen molar-refractivity contribution in [1.82, 2.24) is 0 Å². The Kier molecular flexibility index (Phi) is 1.58. The topological polar surface area (TPSA) is 0 Å². The molecule has 0 nitrogen and oxygen atoms in total.